The maximum Gasteiger partial charge on any atom is 0.242 e. The number of hydrogen-bond donors (Lipinski definition) is 3. The summed E-state index contributed by atoms with van der Waals surface area (Å²) < 4.78 is 22.3. The lowest BCUT2D eigenvalue weighted by Gasteiger charge is -2.22. The number of carbonyl (C=O) groups excluding carboxylic acids is 1. The zero-order valence-corrected chi connectivity index (χ0v) is 22.5. The highest BCUT2D eigenvalue weighted by atomic mass is 35.5. The predicted octanol–water partition coefficient (Wildman–Crippen LogP) is 5.38. The van der Waals surface area contributed by atoms with Crippen LogP contribution in [0.4, 0.5) is 10.2 Å². The molecule has 1 aliphatic heterocycles. The molecule has 37 heavy (non-hydrogen) atoms. The summed E-state index contributed by atoms with van der Waals surface area (Å²) >= 11 is 12.5. The van der Waals surface area contributed by atoms with Crippen LogP contribution in [0, 0.1) is 11.7 Å². The van der Waals surface area contributed by atoms with Gasteiger partial charge >= 0.3 is 0 Å². The Morgan fingerprint density at radius 2 is 1.95 bits per heavy atom. The van der Waals surface area contributed by atoms with E-state index < -0.39 is 23.9 Å². The molecule has 4 N–H and O–H groups in total. The molecule has 3 heterocycles. The van der Waals surface area contributed by atoms with Gasteiger partial charge in [0.25, 0.3) is 0 Å². The lowest BCUT2D eigenvalue weighted by molar-refractivity contribution is -0.118. The number of hydrogen-bond acceptors (Lipinski definition) is 6. The molecule has 0 radical (unpaired) electrons. The number of aromatic nitrogens is 3. The Hall–Kier alpha value is -2.72. The van der Waals surface area contributed by atoms with Crippen molar-refractivity contribution in [1.82, 2.24) is 20.1 Å². The Bertz CT molecular complexity index is 1260. The summed E-state index contributed by atoms with van der Waals surface area (Å²) in [7, 11) is 0. The highest BCUT2D eigenvalue weighted by Crippen LogP contribution is 2.38. The number of nitrogens with zero attached hydrogens (tertiary/aromatic N) is 3. The summed E-state index contributed by atoms with van der Waals surface area (Å²) in [6.45, 7) is 7.31. The van der Waals surface area contributed by atoms with Crippen molar-refractivity contribution in [2.45, 2.75) is 51.8 Å². The van der Waals surface area contributed by atoms with Gasteiger partial charge in [0.2, 0.25) is 5.91 Å². The number of rotatable bonds is 8. The van der Waals surface area contributed by atoms with Crippen molar-refractivity contribution in [1.29, 1.82) is 0 Å². The molecule has 1 aromatic carbocycles. The highest BCUT2D eigenvalue weighted by molar-refractivity contribution is 6.36. The maximum absolute atomic E-state index is 14.2. The second kappa shape index (κ2) is 11.8. The number of piperidine rings is 1. The summed E-state index contributed by atoms with van der Waals surface area (Å²) in [6.07, 6.45) is 6.65. The standard InChI is InChI=1S/C26H31Cl2FN6O2/c1-14(2)24(30)26(36)34-25-21(37-15(3)22-19(27)4-5-20(29)23(22)28)10-16(11-32-25)17-12-33-35(13-17)18-6-8-31-9-7-18/h4-5,10-15,18,24,31H,6-9,30H2,1-3H3,(H,32,34,36)/t15-,24+/m1/s1. The minimum Gasteiger partial charge on any atom is -0.482 e. The van der Waals surface area contributed by atoms with Crippen molar-refractivity contribution in [2.75, 3.05) is 18.4 Å². The first-order valence-electron chi connectivity index (χ1n) is 12.3. The Balaban J connectivity index is 1.67. The first-order chi connectivity index (χ1) is 17.7. The minimum atomic E-state index is -0.750. The van der Waals surface area contributed by atoms with E-state index in [9.17, 15) is 9.18 Å². The third-order valence-corrected chi connectivity index (χ3v) is 7.24. The molecule has 11 heteroatoms. The van der Waals surface area contributed by atoms with E-state index in [4.69, 9.17) is 33.7 Å². The average Bonchev–Trinajstić information content (AvgIpc) is 3.38. The van der Waals surface area contributed by atoms with Crippen LogP contribution in [0.15, 0.2) is 36.8 Å². The maximum atomic E-state index is 14.2. The fourth-order valence-electron chi connectivity index (χ4n) is 4.21. The van der Waals surface area contributed by atoms with E-state index in [1.165, 1.54) is 12.1 Å². The predicted molar refractivity (Wildman–Crippen MR) is 144 cm³/mol. The Kier molecular flexibility index (Phi) is 8.69. The van der Waals surface area contributed by atoms with E-state index in [0.29, 0.717) is 11.6 Å². The number of benzene rings is 1. The fraction of sp³-hybridized carbons (Fsp3) is 0.423. The number of nitrogens with two attached hydrogens (primary N) is 1. The molecule has 2 atom stereocenters. The van der Waals surface area contributed by atoms with Gasteiger partial charge < -0.3 is 21.1 Å². The zero-order valence-electron chi connectivity index (χ0n) is 21.0. The summed E-state index contributed by atoms with van der Waals surface area (Å²) in [5.74, 6) is -0.627. The number of nitrogens with one attached hydrogen (secondary N) is 2. The first-order valence-corrected chi connectivity index (χ1v) is 13.0. The fourth-order valence-corrected chi connectivity index (χ4v) is 4.89. The molecule has 0 saturated carbocycles. The van der Waals surface area contributed by atoms with Gasteiger partial charge in [0.15, 0.2) is 11.6 Å². The van der Waals surface area contributed by atoms with Gasteiger partial charge in [-0.1, -0.05) is 37.0 Å². The van der Waals surface area contributed by atoms with Crippen LogP contribution in [0.3, 0.4) is 0 Å². The molecule has 2 aromatic heterocycles. The molecule has 0 bridgehead atoms. The van der Waals surface area contributed by atoms with E-state index in [1.807, 2.05) is 24.7 Å². The number of anilines is 1. The van der Waals surface area contributed by atoms with Gasteiger partial charge in [0, 0.05) is 34.1 Å². The van der Waals surface area contributed by atoms with Crippen molar-refractivity contribution in [3.8, 4) is 16.9 Å². The molecule has 198 valence electrons. The highest BCUT2D eigenvalue weighted by Gasteiger charge is 2.24. The minimum absolute atomic E-state index is 0.0756. The van der Waals surface area contributed by atoms with E-state index in [-0.39, 0.29) is 27.5 Å². The lowest BCUT2D eigenvalue weighted by atomic mass is 10.1. The molecule has 0 spiro atoms. The molecule has 0 unspecified atom stereocenters. The molecule has 0 aliphatic carbocycles. The molecule has 4 rings (SSSR count). The number of ether oxygens (including phenoxy) is 1. The van der Waals surface area contributed by atoms with E-state index in [0.717, 1.165) is 37.1 Å². The number of carbonyl (C=O) groups is 1. The quantitative estimate of drug-likeness (QED) is 0.326. The van der Waals surface area contributed by atoms with E-state index in [1.54, 1.807) is 25.4 Å². The largest absolute Gasteiger partial charge is 0.482 e. The molecule has 1 saturated heterocycles. The van der Waals surface area contributed by atoms with Crippen molar-refractivity contribution >= 4 is 34.9 Å². The van der Waals surface area contributed by atoms with Crippen molar-refractivity contribution in [2.24, 2.45) is 11.7 Å². The smallest absolute Gasteiger partial charge is 0.242 e. The van der Waals surface area contributed by atoms with Crippen LogP contribution in [0.1, 0.15) is 51.3 Å². The normalized spacial score (nSPS) is 16.0. The second-order valence-corrected chi connectivity index (χ2v) is 10.3. The second-order valence-electron chi connectivity index (χ2n) is 9.54. The Labute approximate surface area is 225 Å². The number of pyridine rings is 1. The van der Waals surface area contributed by atoms with Gasteiger partial charge in [-0.25, -0.2) is 9.37 Å². The Morgan fingerprint density at radius 3 is 2.65 bits per heavy atom. The van der Waals surface area contributed by atoms with Crippen LogP contribution in [0.2, 0.25) is 10.0 Å². The van der Waals surface area contributed by atoms with Gasteiger partial charge in [-0.15, -0.1) is 0 Å². The van der Waals surface area contributed by atoms with Gasteiger partial charge in [-0.3, -0.25) is 9.48 Å². The third kappa shape index (κ3) is 6.23. The van der Waals surface area contributed by atoms with Crippen LogP contribution in [-0.2, 0) is 4.79 Å². The van der Waals surface area contributed by atoms with Gasteiger partial charge in [0.1, 0.15) is 11.9 Å². The lowest BCUT2D eigenvalue weighted by Crippen LogP contribution is -2.40. The van der Waals surface area contributed by atoms with Crippen molar-refractivity contribution < 1.29 is 13.9 Å². The van der Waals surface area contributed by atoms with Crippen LogP contribution < -0.4 is 21.1 Å². The van der Waals surface area contributed by atoms with E-state index in [2.05, 4.69) is 20.7 Å². The monoisotopic (exact) mass is 548 g/mol. The first kappa shape index (κ1) is 27.3. The third-order valence-electron chi connectivity index (χ3n) is 6.52. The Morgan fingerprint density at radius 1 is 1.22 bits per heavy atom. The van der Waals surface area contributed by atoms with Gasteiger partial charge in [-0.05, 0) is 57.0 Å². The summed E-state index contributed by atoms with van der Waals surface area (Å²) in [5, 5.41) is 10.8. The molecule has 1 aliphatic rings. The topological polar surface area (TPSA) is 107 Å². The van der Waals surface area contributed by atoms with Gasteiger partial charge in [-0.2, -0.15) is 5.10 Å². The average molecular weight is 549 g/mol. The zero-order chi connectivity index (χ0) is 26.7. The molecule has 8 nitrogen and oxygen atoms in total. The molecule has 3 aromatic rings. The van der Waals surface area contributed by atoms with Crippen LogP contribution >= 0.6 is 23.2 Å². The molecular weight excluding hydrogens is 518 g/mol. The number of halogens is 3. The summed E-state index contributed by atoms with van der Waals surface area (Å²) in [5.41, 5.74) is 7.91. The van der Waals surface area contributed by atoms with Crippen LogP contribution in [0.5, 0.6) is 5.75 Å². The van der Waals surface area contributed by atoms with E-state index >= 15 is 0 Å². The van der Waals surface area contributed by atoms with Gasteiger partial charge in [0.05, 0.1) is 23.3 Å². The summed E-state index contributed by atoms with van der Waals surface area (Å²) in [4.78, 5) is 17.2. The van der Waals surface area contributed by atoms with Crippen LogP contribution in [-0.4, -0.2) is 39.8 Å². The SMILES string of the molecule is CC(C)[C@H](N)C(=O)Nc1ncc(-c2cnn(C3CCNCC3)c2)cc1O[C@H](C)c1c(Cl)ccc(F)c1Cl. The molecule has 1 fully saturated rings. The molecular formula is C26H31Cl2FN6O2. The summed E-state index contributed by atoms with van der Waals surface area (Å²) in [6, 6.07) is 3.97. The molecule has 1 amide bonds. The van der Waals surface area contributed by atoms with Crippen molar-refractivity contribution in [3.05, 3.63) is 58.2 Å². The van der Waals surface area contributed by atoms with Crippen molar-refractivity contribution in [3.63, 3.8) is 0 Å². The number of amides is 1. The van der Waals surface area contributed by atoms with Crippen LogP contribution in [0.25, 0.3) is 11.1 Å².